The number of rotatable bonds is 0. The van der Waals surface area contributed by atoms with Gasteiger partial charge in [-0.25, -0.2) is 4.98 Å². The minimum Gasteiger partial charge on any atom is -0.334 e. The van der Waals surface area contributed by atoms with Crippen molar-refractivity contribution >= 4 is 22.6 Å². The van der Waals surface area contributed by atoms with E-state index in [-0.39, 0.29) is 21.6 Å². The van der Waals surface area contributed by atoms with Crippen LogP contribution in [-0.2, 0) is 6.18 Å². The molecule has 16 heavy (non-hydrogen) atoms. The molecule has 1 aromatic heterocycles. The van der Waals surface area contributed by atoms with Crippen LogP contribution in [0.2, 0.25) is 5.02 Å². The average Bonchev–Trinajstić information content (AvgIpc) is 2.59. The first-order valence-corrected chi connectivity index (χ1v) is 4.46. The van der Waals surface area contributed by atoms with Gasteiger partial charge in [0, 0.05) is 5.02 Å². The van der Waals surface area contributed by atoms with Gasteiger partial charge >= 0.3 is 6.18 Å². The smallest absolute Gasteiger partial charge is 0.334 e. The van der Waals surface area contributed by atoms with Crippen molar-refractivity contribution in [1.29, 1.82) is 5.26 Å². The number of aromatic nitrogens is 2. The lowest BCUT2D eigenvalue weighted by Gasteiger charge is -1.98. The first kappa shape index (κ1) is 10.8. The molecule has 0 atom stereocenters. The van der Waals surface area contributed by atoms with Gasteiger partial charge in [-0.15, -0.1) is 0 Å². The minimum absolute atomic E-state index is 0.00856. The molecule has 0 amide bonds. The Labute approximate surface area is 92.5 Å². The molecule has 0 aliphatic rings. The Bertz CT molecular complexity index is 594. The number of nitrogens with zero attached hydrogens (tertiary/aromatic N) is 2. The van der Waals surface area contributed by atoms with Crippen molar-refractivity contribution in [2.75, 3.05) is 0 Å². The number of hydrogen-bond acceptors (Lipinski definition) is 2. The van der Waals surface area contributed by atoms with Crippen molar-refractivity contribution in [3.8, 4) is 6.07 Å². The summed E-state index contributed by atoms with van der Waals surface area (Å²) in [5, 5.41) is 8.91. The lowest BCUT2D eigenvalue weighted by Crippen LogP contribution is -2.06. The zero-order valence-electron chi connectivity index (χ0n) is 7.56. The van der Waals surface area contributed by atoms with Crippen molar-refractivity contribution in [2.45, 2.75) is 6.18 Å². The fraction of sp³-hybridized carbons (Fsp3) is 0.111. The maximum absolute atomic E-state index is 12.4. The van der Waals surface area contributed by atoms with Crippen LogP contribution in [-0.4, -0.2) is 9.97 Å². The molecule has 2 aromatic rings. The topological polar surface area (TPSA) is 52.5 Å². The maximum atomic E-state index is 12.4. The number of aromatic amines is 1. The van der Waals surface area contributed by atoms with Gasteiger partial charge in [0.05, 0.1) is 11.1 Å². The molecular weight excluding hydrogens is 243 g/mol. The average molecular weight is 246 g/mol. The molecule has 1 aromatic carbocycles. The third-order valence-corrected chi connectivity index (χ3v) is 2.16. The van der Waals surface area contributed by atoms with Crippen LogP contribution >= 0.6 is 11.6 Å². The van der Waals surface area contributed by atoms with Gasteiger partial charge < -0.3 is 4.98 Å². The van der Waals surface area contributed by atoms with Crippen LogP contribution < -0.4 is 0 Å². The SMILES string of the molecule is N#Cc1cc(Cl)cc2[nH]c(C(F)(F)F)nc12. The van der Waals surface area contributed by atoms with Gasteiger partial charge in [0.25, 0.3) is 0 Å². The van der Waals surface area contributed by atoms with E-state index in [4.69, 9.17) is 16.9 Å². The number of H-pyrrole nitrogens is 1. The van der Waals surface area contributed by atoms with Crippen molar-refractivity contribution in [3.63, 3.8) is 0 Å². The summed E-state index contributed by atoms with van der Waals surface area (Å²) in [6.07, 6.45) is -4.57. The number of nitriles is 1. The fourth-order valence-corrected chi connectivity index (χ4v) is 1.52. The highest BCUT2D eigenvalue weighted by Crippen LogP contribution is 2.30. The molecule has 0 fully saturated rings. The predicted octanol–water partition coefficient (Wildman–Crippen LogP) is 3.11. The second-order valence-corrected chi connectivity index (χ2v) is 3.48. The molecule has 0 saturated heterocycles. The highest BCUT2D eigenvalue weighted by molar-refractivity contribution is 6.31. The fourth-order valence-electron chi connectivity index (χ4n) is 1.30. The highest BCUT2D eigenvalue weighted by atomic mass is 35.5. The van der Waals surface area contributed by atoms with Crippen LogP contribution in [0.3, 0.4) is 0 Å². The van der Waals surface area contributed by atoms with E-state index < -0.39 is 12.0 Å². The van der Waals surface area contributed by atoms with Crippen LogP contribution in [0.1, 0.15) is 11.4 Å². The van der Waals surface area contributed by atoms with Crippen molar-refractivity contribution < 1.29 is 13.2 Å². The molecule has 0 spiro atoms. The number of fused-ring (bicyclic) bond motifs is 1. The summed E-state index contributed by atoms with van der Waals surface area (Å²) < 4.78 is 37.1. The van der Waals surface area contributed by atoms with Gasteiger partial charge in [-0.2, -0.15) is 18.4 Å². The van der Waals surface area contributed by atoms with E-state index in [1.165, 1.54) is 12.1 Å². The quantitative estimate of drug-likeness (QED) is 0.775. The standard InChI is InChI=1S/C9H3ClF3N3/c10-5-1-4(3-14)7-6(2-5)15-8(16-7)9(11,12)13/h1-2H,(H,15,16). The lowest BCUT2D eigenvalue weighted by molar-refractivity contribution is -0.144. The van der Waals surface area contributed by atoms with E-state index >= 15 is 0 Å². The Balaban J connectivity index is 2.76. The Morgan fingerprint density at radius 1 is 1.38 bits per heavy atom. The number of alkyl halides is 3. The monoisotopic (exact) mass is 245 g/mol. The third-order valence-electron chi connectivity index (χ3n) is 1.94. The van der Waals surface area contributed by atoms with Crippen molar-refractivity contribution in [3.05, 3.63) is 28.5 Å². The molecule has 3 nitrogen and oxygen atoms in total. The predicted molar refractivity (Wildman–Crippen MR) is 50.8 cm³/mol. The summed E-state index contributed by atoms with van der Waals surface area (Å²) in [5.41, 5.74) is 0.0739. The summed E-state index contributed by atoms with van der Waals surface area (Å²) in [4.78, 5) is 5.41. The van der Waals surface area contributed by atoms with Crippen molar-refractivity contribution in [1.82, 2.24) is 9.97 Å². The summed E-state index contributed by atoms with van der Waals surface area (Å²) in [7, 11) is 0. The first-order valence-electron chi connectivity index (χ1n) is 4.08. The van der Waals surface area contributed by atoms with Crippen molar-refractivity contribution in [2.24, 2.45) is 0 Å². The molecule has 7 heteroatoms. The molecule has 0 bridgehead atoms. The van der Waals surface area contributed by atoms with E-state index in [2.05, 4.69) is 9.97 Å². The van der Waals surface area contributed by atoms with E-state index in [0.29, 0.717) is 0 Å². The minimum atomic E-state index is -4.57. The summed E-state index contributed by atoms with van der Waals surface area (Å²) in [6.45, 7) is 0. The second-order valence-electron chi connectivity index (χ2n) is 3.04. The van der Waals surface area contributed by atoms with Gasteiger partial charge in [-0.3, -0.25) is 0 Å². The Morgan fingerprint density at radius 3 is 2.62 bits per heavy atom. The molecule has 0 aliphatic carbocycles. The molecule has 1 N–H and O–H groups in total. The first-order chi connectivity index (χ1) is 7.41. The molecule has 0 aliphatic heterocycles. The number of halogens is 4. The van der Waals surface area contributed by atoms with Gasteiger partial charge in [0.15, 0.2) is 0 Å². The number of benzene rings is 1. The van der Waals surface area contributed by atoms with Gasteiger partial charge in [0.2, 0.25) is 5.82 Å². The summed E-state index contributed by atoms with van der Waals surface area (Å²) >= 11 is 5.65. The third kappa shape index (κ3) is 1.70. The zero-order valence-corrected chi connectivity index (χ0v) is 8.32. The largest absolute Gasteiger partial charge is 0.449 e. The number of hydrogen-bond donors (Lipinski definition) is 1. The van der Waals surface area contributed by atoms with Crippen LogP contribution in [0.4, 0.5) is 13.2 Å². The molecule has 0 saturated carbocycles. The van der Waals surface area contributed by atoms with Crippen LogP contribution in [0.5, 0.6) is 0 Å². The van der Waals surface area contributed by atoms with Gasteiger partial charge in [-0.1, -0.05) is 11.6 Å². The van der Waals surface area contributed by atoms with Gasteiger partial charge in [-0.05, 0) is 12.1 Å². The second kappa shape index (κ2) is 3.39. The van der Waals surface area contributed by atoms with Crippen LogP contribution in [0, 0.1) is 11.3 Å². The number of nitrogens with one attached hydrogen (secondary N) is 1. The molecule has 0 radical (unpaired) electrons. The van der Waals surface area contributed by atoms with Crippen LogP contribution in [0.25, 0.3) is 11.0 Å². The number of imidazole rings is 1. The van der Waals surface area contributed by atoms with E-state index in [1.807, 2.05) is 0 Å². The van der Waals surface area contributed by atoms with E-state index in [1.54, 1.807) is 6.07 Å². The van der Waals surface area contributed by atoms with Gasteiger partial charge in [0.1, 0.15) is 11.6 Å². The Kier molecular flexibility index (Phi) is 2.28. The normalized spacial score (nSPS) is 11.7. The molecule has 0 unspecified atom stereocenters. The van der Waals surface area contributed by atoms with E-state index in [9.17, 15) is 13.2 Å². The Morgan fingerprint density at radius 2 is 2.06 bits per heavy atom. The Hall–Kier alpha value is -1.74. The summed E-state index contributed by atoms with van der Waals surface area (Å²) in [6, 6.07) is 4.30. The highest BCUT2D eigenvalue weighted by Gasteiger charge is 2.35. The molecule has 1 heterocycles. The molecule has 2 rings (SSSR count). The molecule has 82 valence electrons. The lowest BCUT2D eigenvalue weighted by atomic mass is 10.2. The van der Waals surface area contributed by atoms with E-state index in [0.717, 1.165) is 0 Å². The zero-order chi connectivity index (χ0) is 11.9. The molecular formula is C9H3ClF3N3. The van der Waals surface area contributed by atoms with Crippen LogP contribution in [0.15, 0.2) is 12.1 Å². The summed E-state index contributed by atoms with van der Waals surface area (Å²) in [5.74, 6) is -1.14. The maximum Gasteiger partial charge on any atom is 0.449 e.